The third-order valence-corrected chi connectivity index (χ3v) is 6.04. The van der Waals surface area contributed by atoms with Crippen LogP contribution in [0.4, 0.5) is 0 Å². The zero-order chi connectivity index (χ0) is 19.8. The van der Waals surface area contributed by atoms with Crippen molar-refractivity contribution in [2.24, 2.45) is 0 Å². The Balaban J connectivity index is 1.68. The molecule has 0 bridgehead atoms. The quantitative estimate of drug-likeness (QED) is 0.537. The van der Waals surface area contributed by atoms with E-state index in [-0.39, 0.29) is 11.5 Å². The second kappa shape index (κ2) is 7.41. The molecule has 6 nitrogen and oxygen atoms in total. The SMILES string of the molecule is CCC(C(=O)NCc1ccccc1Cl)n1nc(C)n2c(cc3sccc32)c1=O. The number of nitrogens with one attached hydrogen (secondary N) is 1. The molecule has 1 N–H and O–H groups in total. The monoisotopic (exact) mass is 414 g/mol. The first-order chi connectivity index (χ1) is 13.5. The van der Waals surface area contributed by atoms with Crippen LogP contribution in [-0.4, -0.2) is 20.1 Å². The first-order valence-corrected chi connectivity index (χ1v) is 10.3. The maximum atomic E-state index is 13.1. The Morgan fingerprint density at radius 3 is 2.82 bits per heavy atom. The van der Waals surface area contributed by atoms with Crippen LogP contribution in [0, 0.1) is 6.92 Å². The molecule has 1 aromatic carbocycles. The van der Waals surface area contributed by atoms with E-state index in [1.54, 1.807) is 17.4 Å². The molecule has 4 rings (SSSR count). The highest BCUT2D eigenvalue weighted by atomic mass is 35.5. The molecule has 1 amide bonds. The second-order valence-corrected chi connectivity index (χ2v) is 7.92. The van der Waals surface area contributed by atoms with Gasteiger partial charge < -0.3 is 5.32 Å². The van der Waals surface area contributed by atoms with Crippen molar-refractivity contribution in [3.63, 3.8) is 0 Å². The van der Waals surface area contributed by atoms with E-state index in [9.17, 15) is 9.59 Å². The average molecular weight is 415 g/mol. The lowest BCUT2D eigenvalue weighted by atomic mass is 10.2. The van der Waals surface area contributed by atoms with Crippen molar-refractivity contribution in [1.29, 1.82) is 0 Å². The van der Waals surface area contributed by atoms with E-state index in [1.807, 2.05) is 54.0 Å². The van der Waals surface area contributed by atoms with Crippen LogP contribution in [0.1, 0.15) is 30.8 Å². The summed E-state index contributed by atoms with van der Waals surface area (Å²) in [5.74, 6) is 0.412. The molecule has 1 atom stereocenters. The van der Waals surface area contributed by atoms with Gasteiger partial charge in [0.25, 0.3) is 5.56 Å². The Labute approximate surface area is 170 Å². The van der Waals surface area contributed by atoms with Crippen molar-refractivity contribution in [3.05, 3.63) is 68.5 Å². The number of carbonyl (C=O) groups is 1. The van der Waals surface area contributed by atoms with Gasteiger partial charge in [0.2, 0.25) is 5.91 Å². The summed E-state index contributed by atoms with van der Waals surface area (Å²) >= 11 is 7.73. The fraction of sp³-hybridized carbons (Fsp3) is 0.250. The summed E-state index contributed by atoms with van der Waals surface area (Å²) in [4.78, 5) is 25.9. The first-order valence-electron chi connectivity index (χ1n) is 9.00. The minimum absolute atomic E-state index is 0.255. The van der Waals surface area contributed by atoms with Crippen LogP contribution in [0.15, 0.2) is 46.6 Å². The topological polar surface area (TPSA) is 68.4 Å². The molecule has 28 heavy (non-hydrogen) atoms. The number of halogens is 1. The smallest absolute Gasteiger partial charge is 0.291 e. The van der Waals surface area contributed by atoms with Crippen molar-refractivity contribution < 1.29 is 4.79 Å². The number of amides is 1. The predicted molar refractivity (Wildman–Crippen MR) is 112 cm³/mol. The number of thiophene rings is 1. The van der Waals surface area contributed by atoms with Gasteiger partial charge in [0.1, 0.15) is 17.4 Å². The largest absolute Gasteiger partial charge is 0.350 e. The molecule has 3 aromatic heterocycles. The van der Waals surface area contributed by atoms with Gasteiger partial charge in [-0.25, -0.2) is 4.68 Å². The van der Waals surface area contributed by atoms with Crippen molar-refractivity contribution >= 4 is 44.6 Å². The maximum absolute atomic E-state index is 13.1. The van der Waals surface area contributed by atoms with E-state index in [0.29, 0.717) is 29.3 Å². The third-order valence-electron chi connectivity index (χ3n) is 4.82. The van der Waals surface area contributed by atoms with Crippen LogP contribution in [0.25, 0.3) is 15.7 Å². The molecule has 0 spiro atoms. The van der Waals surface area contributed by atoms with Gasteiger partial charge in [-0.05, 0) is 42.5 Å². The number of aryl methyl sites for hydroxylation is 1. The number of aromatic nitrogens is 3. The van der Waals surface area contributed by atoms with Gasteiger partial charge in [-0.3, -0.25) is 14.0 Å². The number of benzene rings is 1. The number of rotatable bonds is 5. The van der Waals surface area contributed by atoms with Crippen LogP contribution < -0.4 is 10.9 Å². The molecule has 3 heterocycles. The maximum Gasteiger partial charge on any atom is 0.291 e. The van der Waals surface area contributed by atoms with E-state index in [2.05, 4.69) is 10.4 Å². The van der Waals surface area contributed by atoms with Gasteiger partial charge in [0.15, 0.2) is 0 Å². The normalized spacial score (nSPS) is 12.5. The predicted octanol–water partition coefficient (Wildman–Crippen LogP) is 3.94. The van der Waals surface area contributed by atoms with Crippen molar-refractivity contribution in [2.75, 3.05) is 0 Å². The number of hydrogen-bond donors (Lipinski definition) is 1. The molecule has 0 saturated heterocycles. The van der Waals surface area contributed by atoms with E-state index in [1.165, 1.54) is 4.68 Å². The summed E-state index contributed by atoms with van der Waals surface area (Å²) in [7, 11) is 0. The minimum Gasteiger partial charge on any atom is -0.350 e. The minimum atomic E-state index is -0.688. The van der Waals surface area contributed by atoms with E-state index < -0.39 is 6.04 Å². The molecule has 1 unspecified atom stereocenters. The number of nitrogens with zero attached hydrogens (tertiary/aromatic N) is 3. The summed E-state index contributed by atoms with van der Waals surface area (Å²) < 4.78 is 4.17. The molecular formula is C20H19ClN4O2S. The van der Waals surface area contributed by atoms with Gasteiger partial charge in [-0.2, -0.15) is 5.10 Å². The molecule has 0 aliphatic carbocycles. The fourth-order valence-corrected chi connectivity index (χ4v) is 4.42. The Kier molecular flexibility index (Phi) is 4.95. The summed E-state index contributed by atoms with van der Waals surface area (Å²) in [6.45, 7) is 4.00. The highest BCUT2D eigenvalue weighted by Crippen LogP contribution is 2.25. The fourth-order valence-electron chi connectivity index (χ4n) is 3.42. The average Bonchev–Trinajstić information content (AvgIpc) is 3.27. The van der Waals surface area contributed by atoms with Crippen LogP contribution in [0.2, 0.25) is 5.02 Å². The Hall–Kier alpha value is -2.64. The number of fused-ring (bicyclic) bond motifs is 3. The van der Waals surface area contributed by atoms with Gasteiger partial charge in [-0.1, -0.05) is 36.7 Å². The van der Waals surface area contributed by atoms with Crippen LogP contribution in [0.5, 0.6) is 0 Å². The van der Waals surface area contributed by atoms with Crippen molar-refractivity contribution in [3.8, 4) is 0 Å². The van der Waals surface area contributed by atoms with Crippen LogP contribution in [-0.2, 0) is 11.3 Å². The molecule has 0 aliphatic heterocycles. The lowest BCUT2D eigenvalue weighted by Gasteiger charge is -2.18. The Morgan fingerprint density at radius 2 is 2.07 bits per heavy atom. The lowest BCUT2D eigenvalue weighted by molar-refractivity contribution is -0.125. The Morgan fingerprint density at radius 1 is 1.29 bits per heavy atom. The standard InChI is InChI=1S/C20H19ClN4O2S/c1-3-15(19(26)22-11-13-6-4-5-7-14(13)21)25-20(27)17-10-18-16(8-9-28-18)24(17)12(2)23-25/h4-10,15H,3,11H2,1-2H3,(H,22,26). The summed E-state index contributed by atoms with van der Waals surface area (Å²) in [6, 6.07) is 10.5. The molecule has 4 aromatic rings. The molecule has 0 fully saturated rings. The third kappa shape index (κ3) is 3.10. The highest BCUT2D eigenvalue weighted by Gasteiger charge is 2.23. The lowest BCUT2D eigenvalue weighted by Crippen LogP contribution is -2.39. The molecule has 0 saturated carbocycles. The highest BCUT2D eigenvalue weighted by molar-refractivity contribution is 7.17. The summed E-state index contributed by atoms with van der Waals surface area (Å²) in [6.07, 6.45) is 0.450. The second-order valence-electron chi connectivity index (χ2n) is 6.57. The molecular weight excluding hydrogens is 396 g/mol. The van der Waals surface area contributed by atoms with Gasteiger partial charge in [-0.15, -0.1) is 11.3 Å². The van der Waals surface area contributed by atoms with Crippen molar-refractivity contribution in [1.82, 2.24) is 19.5 Å². The Bertz CT molecular complexity index is 1240. The van der Waals surface area contributed by atoms with Gasteiger partial charge in [0.05, 0.1) is 10.2 Å². The summed E-state index contributed by atoms with van der Waals surface area (Å²) in [5, 5.41) is 9.91. The van der Waals surface area contributed by atoms with Crippen LogP contribution in [0.3, 0.4) is 0 Å². The zero-order valence-corrected chi connectivity index (χ0v) is 17.0. The van der Waals surface area contributed by atoms with E-state index >= 15 is 0 Å². The van der Waals surface area contributed by atoms with Gasteiger partial charge >= 0.3 is 0 Å². The van der Waals surface area contributed by atoms with Crippen molar-refractivity contribution in [2.45, 2.75) is 32.9 Å². The van der Waals surface area contributed by atoms with E-state index in [4.69, 9.17) is 11.6 Å². The number of carbonyl (C=O) groups excluding carboxylic acids is 1. The molecule has 8 heteroatoms. The molecule has 0 aliphatic rings. The first kappa shape index (κ1) is 18.7. The summed E-state index contributed by atoms with van der Waals surface area (Å²) in [5.41, 5.74) is 2.05. The van der Waals surface area contributed by atoms with Gasteiger partial charge in [0, 0.05) is 11.6 Å². The number of hydrogen-bond acceptors (Lipinski definition) is 4. The van der Waals surface area contributed by atoms with E-state index in [0.717, 1.165) is 15.8 Å². The van der Waals surface area contributed by atoms with Crippen LogP contribution >= 0.6 is 22.9 Å². The molecule has 144 valence electrons. The zero-order valence-electron chi connectivity index (χ0n) is 15.5. The molecule has 0 radical (unpaired) electrons.